The van der Waals surface area contributed by atoms with Crippen LogP contribution >= 0.6 is 0 Å². The monoisotopic (exact) mass is 366 g/mol. The summed E-state index contributed by atoms with van der Waals surface area (Å²) in [6, 6.07) is 14.6. The van der Waals surface area contributed by atoms with E-state index in [2.05, 4.69) is 10.3 Å². The Balaban J connectivity index is 1.73. The molecule has 0 bridgehead atoms. The minimum Gasteiger partial charge on any atom is -0.493 e. The van der Waals surface area contributed by atoms with E-state index >= 15 is 0 Å². The largest absolute Gasteiger partial charge is 0.493 e. The van der Waals surface area contributed by atoms with Crippen LogP contribution in [0.15, 0.2) is 54.7 Å². The maximum absolute atomic E-state index is 12.4. The zero-order valence-corrected chi connectivity index (χ0v) is 15.4. The van der Waals surface area contributed by atoms with Crippen molar-refractivity contribution in [1.29, 1.82) is 0 Å². The van der Waals surface area contributed by atoms with E-state index in [1.807, 2.05) is 43.3 Å². The van der Waals surface area contributed by atoms with Gasteiger partial charge in [0.05, 0.1) is 19.4 Å². The van der Waals surface area contributed by atoms with E-state index < -0.39 is 0 Å². The number of nitrogens with one attached hydrogen (secondary N) is 1. The van der Waals surface area contributed by atoms with E-state index in [0.717, 1.165) is 17.3 Å². The Morgan fingerprint density at radius 1 is 1.00 bits per heavy atom. The van der Waals surface area contributed by atoms with Gasteiger partial charge in [-0.2, -0.15) is 0 Å². The summed E-state index contributed by atoms with van der Waals surface area (Å²) in [7, 11) is 1.56. The number of pyridine rings is 1. The molecule has 0 saturated heterocycles. The van der Waals surface area contributed by atoms with Crippen LogP contribution in [0, 0.1) is 0 Å². The van der Waals surface area contributed by atoms with Gasteiger partial charge in [-0.15, -0.1) is 0 Å². The summed E-state index contributed by atoms with van der Waals surface area (Å²) in [6.45, 7) is 2.53. The van der Waals surface area contributed by atoms with Crippen LogP contribution in [0.4, 0.5) is 5.69 Å². The van der Waals surface area contributed by atoms with Crippen LogP contribution in [0.3, 0.4) is 0 Å². The van der Waals surface area contributed by atoms with Crippen molar-refractivity contribution in [1.82, 2.24) is 4.98 Å². The van der Waals surface area contributed by atoms with Gasteiger partial charge >= 0.3 is 0 Å². The van der Waals surface area contributed by atoms with Gasteiger partial charge in [0.15, 0.2) is 18.1 Å². The molecule has 140 valence electrons. The molecule has 1 aromatic heterocycles. The highest BCUT2D eigenvalue weighted by Gasteiger charge is 2.12. The lowest BCUT2D eigenvalue weighted by Gasteiger charge is -2.13. The number of aromatic nitrogens is 1. The first-order valence-corrected chi connectivity index (χ1v) is 8.79. The van der Waals surface area contributed by atoms with Crippen LogP contribution in [0.2, 0.25) is 0 Å². The second-order valence-electron chi connectivity index (χ2n) is 5.85. The number of rotatable bonds is 8. The van der Waals surface area contributed by atoms with E-state index in [0.29, 0.717) is 29.5 Å². The minimum atomic E-state index is -0.270. The van der Waals surface area contributed by atoms with Crippen molar-refractivity contribution in [2.24, 2.45) is 0 Å². The predicted octanol–water partition coefficient (Wildman–Crippen LogP) is 4.05. The molecule has 0 aliphatic rings. The maximum Gasteiger partial charge on any atom is 0.262 e. The van der Waals surface area contributed by atoms with Crippen molar-refractivity contribution in [2.75, 3.05) is 25.6 Å². The second-order valence-corrected chi connectivity index (χ2v) is 5.85. The normalized spacial score (nSPS) is 10.4. The summed E-state index contributed by atoms with van der Waals surface area (Å²) in [4.78, 5) is 16.8. The Labute approximate surface area is 158 Å². The number of nitrogens with zero attached hydrogens (tertiary/aromatic N) is 1. The molecule has 6 nitrogen and oxygen atoms in total. The average Bonchev–Trinajstić information content (AvgIpc) is 2.72. The van der Waals surface area contributed by atoms with Crippen molar-refractivity contribution in [2.45, 2.75) is 13.3 Å². The van der Waals surface area contributed by atoms with Gasteiger partial charge in [0.25, 0.3) is 5.91 Å². The highest BCUT2D eigenvalue weighted by Crippen LogP contribution is 2.30. The van der Waals surface area contributed by atoms with Gasteiger partial charge < -0.3 is 19.5 Å². The summed E-state index contributed by atoms with van der Waals surface area (Å²) >= 11 is 0. The first-order chi connectivity index (χ1) is 13.2. The van der Waals surface area contributed by atoms with Gasteiger partial charge in [-0.25, -0.2) is 0 Å². The molecule has 0 aliphatic heterocycles. The Hall–Kier alpha value is -3.28. The van der Waals surface area contributed by atoms with Crippen LogP contribution in [0.25, 0.3) is 10.9 Å². The Bertz CT molecular complexity index is 927. The Morgan fingerprint density at radius 2 is 1.81 bits per heavy atom. The number of para-hydroxylation sites is 2. The highest BCUT2D eigenvalue weighted by atomic mass is 16.5. The second kappa shape index (κ2) is 8.89. The van der Waals surface area contributed by atoms with Gasteiger partial charge in [0, 0.05) is 11.6 Å². The molecule has 1 heterocycles. The molecule has 0 fully saturated rings. The van der Waals surface area contributed by atoms with Gasteiger partial charge in [-0.3, -0.25) is 9.78 Å². The Kier molecular flexibility index (Phi) is 6.10. The molecule has 0 spiro atoms. The summed E-state index contributed by atoms with van der Waals surface area (Å²) in [5, 5.41) is 3.69. The molecular formula is C21H22N2O4. The van der Waals surface area contributed by atoms with Gasteiger partial charge in [0.1, 0.15) is 11.3 Å². The fourth-order valence-corrected chi connectivity index (χ4v) is 2.65. The first-order valence-electron chi connectivity index (χ1n) is 8.79. The first kappa shape index (κ1) is 18.5. The minimum absolute atomic E-state index is 0.129. The molecular weight excluding hydrogens is 344 g/mol. The van der Waals surface area contributed by atoms with Crippen molar-refractivity contribution in [3.63, 3.8) is 0 Å². The topological polar surface area (TPSA) is 69.7 Å². The van der Waals surface area contributed by atoms with Crippen LogP contribution < -0.4 is 19.5 Å². The molecule has 6 heteroatoms. The fraction of sp³-hybridized carbons (Fsp3) is 0.238. The van der Waals surface area contributed by atoms with Crippen molar-refractivity contribution in [3.8, 4) is 17.2 Å². The average molecular weight is 366 g/mol. The number of amides is 1. The zero-order valence-electron chi connectivity index (χ0n) is 15.4. The molecule has 0 unspecified atom stereocenters. The van der Waals surface area contributed by atoms with E-state index in [4.69, 9.17) is 14.2 Å². The number of ether oxygens (including phenoxy) is 3. The number of fused-ring (bicyclic) bond motifs is 1. The number of carbonyl (C=O) groups excluding carboxylic acids is 1. The third kappa shape index (κ3) is 4.47. The number of anilines is 1. The predicted molar refractivity (Wildman–Crippen MR) is 105 cm³/mol. The van der Waals surface area contributed by atoms with Crippen molar-refractivity contribution >= 4 is 22.5 Å². The quantitative estimate of drug-likeness (QED) is 0.651. The molecule has 27 heavy (non-hydrogen) atoms. The number of hydrogen-bond acceptors (Lipinski definition) is 5. The van der Waals surface area contributed by atoms with E-state index in [1.54, 1.807) is 25.4 Å². The lowest BCUT2D eigenvalue weighted by Crippen LogP contribution is -2.20. The van der Waals surface area contributed by atoms with Crippen LogP contribution in [0.1, 0.15) is 13.3 Å². The number of hydrogen-bond donors (Lipinski definition) is 1. The van der Waals surface area contributed by atoms with E-state index in [1.165, 1.54) is 0 Å². The third-order valence-corrected chi connectivity index (χ3v) is 3.90. The van der Waals surface area contributed by atoms with E-state index in [-0.39, 0.29) is 12.5 Å². The third-order valence-electron chi connectivity index (χ3n) is 3.90. The number of benzene rings is 2. The lowest BCUT2D eigenvalue weighted by atomic mass is 10.1. The number of methoxy groups -OCH3 is 1. The summed E-state index contributed by atoms with van der Waals surface area (Å²) in [5.41, 5.74) is 1.38. The fourth-order valence-electron chi connectivity index (χ4n) is 2.65. The molecule has 0 radical (unpaired) electrons. The molecule has 1 amide bonds. The van der Waals surface area contributed by atoms with Crippen molar-refractivity contribution in [3.05, 3.63) is 54.7 Å². The van der Waals surface area contributed by atoms with Crippen LogP contribution in [-0.2, 0) is 4.79 Å². The lowest BCUT2D eigenvalue weighted by molar-refractivity contribution is -0.118. The summed E-state index contributed by atoms with van der Waals surface area (Å²) in [5.74, 6) is 1.53. The zero-order chi connectivity index (χ0) is 19.1. The summed E-state index contributed by atoms with van der Waals surface area (Å²) < 4.78 is 16.5. The molecule has 0 aliphatic carbocycles. The van der Waals surface area contributed by atoms with Gasteiger partial charge in [-0.1, -0.05) is 19.1 Å². The Morgan fingerprint density at radius 3 is 2.59 bits per heavy atom. The standard InChI is InChI=1S/C21H22N2O4/c1-3-13-26-19-11-10-16(15-7-6-12-22-21(15)19)23-20(24)14-27-18-9-5-4-8-17(18)25-2/h4-12H,3,13-14H2,1-2H3,(H,23,24). The number of carbonyl (C=O) groups is 1. The smallest absolute Gasteiger partial charge is 0.262 e. The highest BCUT2D eigenvalue weighted by molar-refractivity contribution is 6.03. The van der Waals surface area contributed by atoms with Crippen LogP contribution in [0.5, 0.6) is 17.2 Å². The molecule has 3 rings (SSSR count). The van der Waals surface area contributed by atoms with Gasteiger partial charge in [-0.05, 0) is 42.8 Å². The van der Waals surface area contributed by atoms with E-state index in [9.17, 15) is 4.79 Å². The molecule has 2 aromatic carbocycles. The van der Waals surface area contributed by atoms with Crippen molar-refractivity contribution < 1.29 is 19.0 Å². The summed E-state index contributed by atoms with van der Waals surface area (Å²) in [6.07, 6.45) is 2.62. The molecule has 0 saturated carbocycles. The SMILES string of the molecule is CCCOc1ccc(NC(=O)COc2ccccc2OC)c2cccnc12. The molecule has 1 N–H and O–H groups in total. The van der Waals surface area contributed by atoms with Gasteiger partial charge in [0.2, 0.25) is 0 Å². The molecule has 0 atom stereocenters. The molecule has 3 aromatic rings. The maximum atomic E-state index is 12.4. The van der Waals surface area contributed by atoms with Crippen LogP contribution in [-0.4, -0.2) is 31.2 Å².